The van der Waals surface area contributed by atoms with Gasteiger partial charge in [0.1, 0.15) is 0 Å². The van der Waals surface area contributed by atoms with Crippen molar-refractivity contribution in [2.24, 2.45) is 13.0 Å². The lowest BCUT2D eigenvalue weighted by Gasteiger charge is -2.32. The fraction of sp³-hybridized carbons (Fsp3) is 0.789. The van der Waals surface area contributed by atoms with Crippen LogP contribution in [0.3, 0.4) is 0 Å². The summed E-state index contributed by atoms with van der Waals surface area (Å²) in [5.74, 6) is 1.01. The van der Waals surface area contributed by atoms with E-state index in [-0.39, 0.29) is 11.8 Å². The zero-order valence-corrected chi connectivity index (χ0v) is 15.3. The van der Waals surface area contributed by atoms with Crippen LogP contribution in [0.15, 0.2) is 6.20 Å². The molecule has 24 heavy (non-hydrogen) atoms. The molecule has 0 aromatic carbocycles. The van der Waals surface area contributed by atoms with Crippen molar-refractivity contribution in [3.8, 4) is 0 Å². The highest BCUT2D eigenvalue weighted by molar-refractivity contribution is 5.78. The second-order valence-electron chi connectivity index (χ2n) is 7.52. The first-order chi connectivity index (χ1) is 11.7. The van der Waals surface area contributed by atoms with Crippen molar-refractivity contribution in [1.82, 2.24) is 20.0 Å². The van der Waals surface area contributed by atoms with Gasteiger partial charge in [-0.05, 0) is 39.2 Å². The Balaban J connectivity index is 1.66. The molecule has 1 amide bonds. The van der Waals surface area contributed by atoms with Gasteiger partial charge in [0.15, 0.2) is 0 Å². The first-order valence-electron chi connectivity index (χ1n) is 9.70. The highest BCUT2D eigenvalue weighted by atomic mass is 16.1. The van der Waals surface area contributed by atoms with E-state index < -0.39 is 0 Å². The molecule has 1 N–H and O–H groups in total. The van der Waals surface area contributed by atoms with Crippen molar-refractivity contribution >= 4 is 5.91 Å². The molecule has 0 bridgehead atoms. The Morgan fingerprint density at radius 1 is 1.25 bits per heavy atom. The van der Waals surface area contributed by atoms with Crippen LogP contribution in [0.1, 0.15) is 69.0 Å². The fourth-order valence-corrected chi connectivity index (χ4v) is 4.37. The van der Waals surface area contributed by atoms with Gasteiger partial charge in [-0.15, -0.1) is 0 Å². The highest BCUT2D eigenvalue weighted by Gasteiger charge is 2.27. The van der Waals surface area contributed by atoms with Crippen LogP contribution in [0.2, 0.25) is 0 Å². The zero-order chi connectivity index (χ0) is 16.9. The summed E-state index contributed by atoms with van der Waals surface area (Å²) in [6.07, 6.45) is 10.9. The third-order valence-corrected chi connectivity index (χ3v) is 5.55. The molecule has 1 saturated heterocycles. The molecule has 134 valence electrons. The van der Waals surface area contributed by atoms with Crippen LogP contribution in [-0.2, 0) is 18.4 Å². The molecular weight excluding hydrogens is 300 g/mol. The van der Waals surface area contributed by atoms with Crippen molar-refractivity contribution < 1.29 is 4.79 Å². The van der Waals surface area contributed by atoms with Crippen molar-refractivity contribution in [3.05, 3.63) is 17.5 Å². The Bertz CT molecular complexity index is 548. The van der Waals surface area contributed by atoms with Gasteiger partial charge < -0.3 is 5.32 Å². The number of hydrogen-bond donors (Lipinski definition) is 1. The topological polar surface area (TPSA) is 50.2 Å². The summed E-state index contributed by atoms with van der Waals surface area (Å²) in [6, 6.07) is 0. The molecule has 1 saturated carbocycles. The van der Waals surface area contributed by atoms with Gasteiger partial charge in [0.25, 0.3) is 0 Å². The summed E-state index contributed by atoms with van der Waals surface area (Å²) in [4.78, 5) is 14.6. The van der Waals surface area contributed by atoms with E-state index in [0.717, 1.165) is 39.0 Å². The Morgan fingerprint density at radius 3 is 2.79 bits per heavy atom. The summed E-state index contributed by atoms with van der Waals surface area (Å²) in [5, 5.41) is 7.78. The predicted molar refractivity (Wildman–Crippen MR) is 95.7 cm³/mol. The normalized spacial score (nSPS) is 23.3. The standard InChI is InChI=1S/C19H32N4O/c1-3-20-19(24)16-10-7-11-23(13-16)14-17-12-22(2)21-18(17)15-8-5-4-6-9-15/h12,15-16H,3-11,13-14H2,1-2H3,(H,20,24)/t16-/m0/s1. The summed E-state index contributed by atoms with van der Waals surface area (Å²) in [5.41, 5.74) is 2.69. The maximum atomic E-state index is 12.2. The quantitative estimate of drug-likeness (QED) is 0.902. The number of likely N-dealkylation sites (tertiary alicyclic amines) is 1. The molecule has 2 fully saturated rings. The number of amides is 1. The lowest BCUT2D eigenvalue weighted by molar-refractivity contribution is -0.126. The number of rotatable bonds is 5. The Labute approximate surface area is 145 Å². The predicted octanol–water partition coefficient (Wildman–Crippen LogP) is 2.82. The maximum absolute atomic E-state index is 12.2. The van der Waals surface area contributed by atoms with Gasteiger partial charge in [-0.2, -0.15) is 5.10 Å². The molecule has 0 unspecified atom stereocenters. The van der Waals surface area contributed by atoms with E-state index >= 15 is 0 Å². The van der Waals surface area contributed by atoms with Gasteiger partial charge in [-0.1, -0.05) is 19.3 Å². The smallest absolute Gasteiger partial charge is 0.224 e. The number of nitrogens with one attached hydrogen (secondary N) is 1. The largest absolute Gasteiger partial charge is 0.356 e. The van der Waals surface area contributed by atoms with Gasteiger partial charge in [0, 0.05) is 44.4 Å². The summed E-state index contributed by atoms with van der Waals surface area (Å²) in [6.45, 7) is 5.63. The molecule has 0 spiro atoms. The minimum Gasteiger partial charge on any atom is -0.356 e. The van der Waals surface area contributed by atoms with Crippen LogP contribution < -0.4 is 5.32 Å². The molecule has 3 rings (SSSR count). The lowest BCUT2D eigenvalue weighted by atomic mass is 9.85. The molecule has 1 aromatic heterocycles. The van der Waals surface area contributed by atoms with E-state index in [1.165, 1.54) is 43.4 Å². The number of aryl methyl sites for hydroxylation is 1. The molecule has 1 atom stereocenters. The van der Waals surface area contributed by atoms with Crippen LogP contribution in [-0.4, -0.2) is 40.2 Å². The average molecular weight is 332 g/mol. The molecular formula is C19H32N4O. The SMILES string of the molecule is CCNC(=O)[C@H]1CCCN(Cc2cn(C)nc2C2CCCCC2)C1. The molecule has 5 nitrogen and oxygen atoms in total. The van der Waals surface area contributed by atoms with Crippen LogP contribution in [0.25, 0.3) is 0 Å². The van der Waals surface area contributed by atoms with E-state index in [4.69, 9.17) is 5.10 Å². The number of piperidine rings is 1. The summed E-state index contributed by atoms with van der Waals surface area (Å²) >= 11 is 0. The van der Waals surface area contributed by atoms with Crippen molar-refractivity contribution in [2.75, 3.05) is 19.6 Å². The van der Waals surface area contributed by atoms with Crippen molar-refractivity contribution in [1.29, 1.82) is 0 Å². The molecule has 1 aromatic rings. The van der Waals surface area contributed by atoms with E-state index in [9.17, 15) is 4.79 Å². The van der Waals surface area contributed by atoms with Crippen LogP contribution in [0, 0.1) is 5.92 Å². The van der Waals surface area contributed by atoms with Crippen LogP contribution >= 0.6 is 0 Å². The third-order valence-electron chi connectivity index (χ3n) is 5.55. The molecule has 2 aliphatic rings. The first kappa shape index (κ1) is 17.5. The summed E-state index contributed by atoms with van der Waals surface area (Å²) < 4.78 is 1.98. The second-order valence-corrected chi connectivity index (χ2v) is 7.52. The van der Waals surface area contributed by atoms with Crippen LogP contribution in [0.4, 0.5) is 0 Å². The van der Waals surface area contributed by atoms with E-state index in [1.54, 1.807) is 0 Å². The number of hydrogen-bond acceptors (Lipinski definition) is 3. The molecule has 0 radical (unpaired) electrons. The van der Waals surface area contributed by atoms with Gasteiger partial charge in [0.2, 0.25) is 5.91 Å². The Hall–Kier alpha value is -1.36. The van der Waals surface area contributed by atoms with Gasteiger partial charge in [0.05, 0.1) is 11.6 Å². The van der Waals surface area contributed by atoms with E-state index in [2.05, 4.69) is 16.4 Å². The van der Waals surface area contributed by atoms with Crippen molar-refractivity contribution in [3.63, 3.8) is 0 Å². The Kier molecular flexibility index (Phi) is 5.93. The lowest BCUT2D eigenvalue weighted by Crippen LogP contribution is -2.42. The minimum atomic E-state index is 0.147. The maximum Gasteiger partial charge on any atom is 0.224 e. The molecule has 2 heterocycles. The van der Waals surface area contributed by atoms with Crippen LogP contribution in [0.5, 0.6) is 0 Å². The van der Waals surface area contributed by atoms with E-state index in [1.807, 2.05) is 18.7 Å². The summed E-state index contributed by atoms with van der Waals surface area (Å²) in [7, 11) is 2.03. The van der Waals surface area contributed by atoms with Gasteiger partial charge >= 0.3 is 0 Å². The number of carbonyl (C=O) groups excluding carboxylic acids is 1. The van der Waals surface area contributed by atoms with Crippen molar-refractivity contribution in [2.45, 2.75) is 64.3 Å². The fourth-order valence-electron chi connectivity index (χ4n) is 4.37. The second kappa shape index (κ2) is 8.15. The highest BCUT2D eigenvalue weighted by Crippen LogP contribution is 2.34. The zero-order valence-electron chi connectivity index (χ0n) is 15.3. The Morgan fingerprint density at radius 2 is 2.04 bits per heavy atom. The van der Waals surface area contributed by atoms with Gasteiger partial charge in [-0.25, -0.2) is 0 Å². The monoisotopic (exact) mass is 332 g/mol. The van der Waals surface area contributed by atoms with Gasteiger partial charge in [-0.3, -0.25) is 14.4 Å². The number of carbonyl (C=O) groups is 1. The minimum absolute atomic E-state index is 0.147. The number of nitrogens with zero attached hydrogens (tertiary/aromatic N) is 3. The average Bonchev–Trinajstić information content (AvgIpc) is 2.96. The molecule has 1 aliphatic heterocycles. The molecule has 1 aliphatic carbocycles. The van der Waals surface area contributed by atoms with E-state index in [0.29, 0.717) is 5.92 Å². The molecule has 5 heteroatoms. The number of aromatic nitrogens is 2. The third kappa shape index (κ3) is 4.18. The first-order valence-corrected chi connectivity index (χ1v) is 9.70.